The molecular formula is C12H14F3N3S. The van der Waals surface area contributed by atoms with Gasteiger partial charge in [0.25, 0.3) is 0 Å². The molecule has 0 atom stereocenters. The maximum atomic E-state index is 12.5. The Morgan fingerprint density at radius 1 is 1.47 bits per heavy atom. The highest BCUT2D eigenvalue weighted by molar-refractivity contribution is 7.80. The van der Waals surface area contributed by atoms with E-state index in [9.17, 15) is 13.2 Å². The molecule has 104 valence electrons. The van der Waals surface area contributed by atoms with Crippen LogP contribution in [-0.4, -0.2) is 33.6 Å². The summed E-state index contributed by atoms with van der Waals surface area (Å²) in [5.74, 6) is 0. The van der Waals surface area contributed by atoms with E-state index in [0.717, 1.165) is 12.8 Å². The summed E-state index contributed by atoms with van der Waals surface area (Å²) in [5.41, 5.74) is 6.59. The molecule has 0 aromatic carbocycles. The van der Waals surface area contributed by atoms with Crippen molar-refractivity contribution in [3.05, 3.63) is 29.6 Å². The lowest BCUT2D eigenvalue weighted by atomic mass is 10.1. The van der Waals surface area contributed by atoms with Crippen molar-refractivity contribution in [1.29, 1.82) is 0 Å². The van der Waals surface area contributed by atoms with Crippen LogP contribution < -0.4 is 5.73 Å². The van der Waals surface area contributed by atoms with Crippen LogP contribution in [0.15, 0.2) is 18.3 Å². The Morgan fingerprint density at radius 3 is 2.68 bits per heavy atom. The van der Waals surface area contributed by atoms with Gasteiger partial charge in [0.05, 0.1) is 6.54 Å². The molecule has 0 amide bonds. The zero-order chi connectivity index (χ0) is 14.0. The van der Waals surface area contributed by atoms with Crippen LogP contribution in [0.2, 0.25) is 0 Å². The fourth-order valence-electron chi connectivity index (χ4n) is 1.99. The number of hydrogen-bond donors (Lipinski definition) is 1. The fourth-order valence-corrected chi connectivity index (χ4v) is 2.17. The number of nitrogens with two attached hydrogens (primary N) is 1. The van der Waals surface area contributed by atoms with Gasteiger partial charge in [0.15, 0.2) is 0 Å². The molecule has 1 heterocycles. The summed E-state index contributed by atoms with van der Waals surface area (Å²) in [4.78, 5) is 5.56. The van der Waals surface area contributed by atoms with Crippen molar-refractivity contribution in [3.63, 3.8) is 0 Å². The molecular weight excluding hydrogens is 275 g/mol. The average molecular weight is 289 g/mol. The van der Waals surface area contributed by atoms with Gasteiger partial charge < -0.3 is 5.73 Å². The van der Waals surface area contributed by atoms with Gasteiger partial charge in [-0.1, -0.05) is 18.3 Å². The molecule has 1 fully saturated rings. The van der Waals surface area contributed by atoms with Crippen LogP contribution in [0.5, 0.6) is 0 Å². The molecule has 3 nitrogen and oxygen atoms in total. The molecule has 0 aliphatic heterocycles. The van der Waals surface area contributed by atoms with Gasteiger partial charge in [0.2, 0.25) is 0 Å². The number of rotatable bonds is 5. The van der Waals surface area contributed by atoms with Crippen LogP contribution in [0.1, 0.15) is 24.1 Å². The van der Waals surface area contributed by atoms with Gasteiger partial charge in [-0.2, -0.15) is 13.2 Å². The first-order valence-corrected chi connectivity index (χ1v) is 6.32. The highest BCUT2D eigenvalue weighted by atomic mass is 32.1. The van der Waals surface area contributed by atoms with Gasteiger partial charge in [0, 0.05) is 18.8 Å². The molecule has 1 saturated carbocycles. The summed E-state index contributed by atoms with van der Waals surface area (Å²) in [6.45, 7) is -0.742. The van der Waals surface area contributed by atoms with Crippen LogP contribution in [0.4, 0.5) is 13.2 Å². The Morgan fingerprint density at radius 2 is 2.16 bits per heavy atom. The predicted octanol–water partition coefficient (Wildman–Crippen LogP) is 2.24. The van der Waals surface area contributed by atoms with Gasteiger partial charge in [-0.25, -0.2) is 0 Å². The third-order valence-corrected chi connectivity index (χ3v) is 3.14. The summed E-state index contributed by atoms with van der Waals surface area (Å²) < 4.78 is 37.6. The Bertz CT molecular complexity index is 472. The van der Waals surface area contributed by atoms with E-state index >= 15 is 0 Å². The van der Waals surface area contributed by atoms with Gasteiger partial charge in [-0.05, 0) is 24.5 Å². The third kappa shape index (κ3) is 4.14. The number of aromatic nitrogens is 1. The van der Waals surface area contributed by atoms with E-state index in [1.807, 2.05) is 0 Å². The minimum atomic E-state index is -4.20. The lowest BCUT2D eigenvalue weighted by Gasteiger charge is -2.24. The molecule has 0 saturated heterocycles. The van der Waals surface area contributed by atoms with Crippen LogP contribution in [-0.2, 0) is 6.54 Å². The maximum absolute atomic E-state index is 12.5. The summed E-state index contributed by atoms with van der Waals surface area (Å²) in [6.07, 6.45) is -1.06. The largest absolute Gasteiger partial charge is 0.401 e. The molecule has 1 aromatic rings. The van der Waals surface area contributed by atoms with Crippen LogP contribution in [0.3, 0.4) is 0 Å². The van der Waals surface area contributed by atoms with Crippen LogP contribution >= 0.6 is 12.2 Å². The number of hydrogen-bond acceptors (Lipinski definition) is 3. The second-order valence-corrected chi connectivity index (χ2v) is 5.07. The topological polar surface area (TPSA) is 42.1 Å². The van der Waals surface area contributed by atoms with E-state index < -0.39 is 12.7 Å². The summed E-state index contributed by atoms with van der Waals surface area (Å²) in [6, 6.07) is 3.39. The van der Waals surface area contributed by atoms with Crippen molar-refractivity contribution in [1.82, 2.24) is 9.88 Å². The van der Waals surface area contributed by atoms with Gasteiger partial charge in [-0.3, -0.25) is 9.88 Å². The van der Waals surface area contributed by atoms with Crippen molar-refractivity contribution >= 4 is 17.2 Å². The smallest absolute Gasteiger partial charge is 0.388 e. The van der Waals surface area contributed by atoms with Crippen LogP contribution in [0, 0.1) is 0 Å². The zero-order valence-corrected chi connectivity index (χ0v) is 11.0. The van der Waals surface area contributed by atoms with Gasteiger partial charge in [0.1, 0.15) is 10.7 Å². The number of pyridine rings is 1. The highest BCUT2D eigenvalue weighted by Crippen LogP contribution is 2.31. The van der Waals surface area contributed by atoms with E-state index in [4.69, 9.17) is 18.0 Å². The van der Waals surface area contributed by atoms with Crippen molar-refractivity contribution in [2.75, 3.05) is 6.54 Å². The van der Waals surface area contributed by atoms with Crippen molar-refractivity contribution in [2.24, 2.45) is 5.73 Å². The summed E-state index contributed by atoms with van der Waals surface area (Å²) >= 11 is 4.87. The monoisotopic (exact) mass is 289 g/mol. The first kappa shape index (κ1) is 14.2. The molecule has 1 aromatic heterocycles. The van der Waals surface area contributed by atoms with E-state index in [-0.39, 0.29) is 17.6 Å². The lowest BCUT2D eigenvalue weighted by Crippen LogP contribution is -2.36. The van der Waals surface area contributed by atoms with Crippen molar-refractivity contribution in [2.45, 2.75) is 31.6 Å². The molecule has 19 heavy (non-hydrogen) atoms. The summed E-state index contributed by atoms with van der Waals surface area (Å²) in [7, 11) is 0. The highest BCUT2D eigenvalue weighted by Gasteiger charge is 2.38. The third-order valence-electron chi connectivity index (χ3n) is 2.94. The molecule has 2 rings (SSSR count). The molecule has 0 spiro atoms. The quantitative estimate of drug-likeness (QED) is 0.844. The number of halogens is 3. The molecule has 1 aliphatic carbocycles. The number of alkyl halides is 3. The second-order valence-electron chi connectivity index (χ2n) is 4.63. The van der Waals surface area contributed by atoms with Gasteiger partial charge >= 0.3 is 6.18 Å². The van der Waals surface area contributed by atoms with Gasteiger partial charge in [-0.15, -0.1) is 0 Å². The van der Waals surface area contributed by atoms with Crippen molar-refractivity contribution < 1.29 is 13.2 Å². The van der Waals surface area contributed by atoms with E-state index in [1.165, 1.54) is 11.1 Å². The standard InChI is InChI=1S/C12H14F3N3S/c13-12(14,15)7-18(9-3-4-9)6-8-2-1-5-17-10(8)11(16)19/h1-2,5,9H,3-4,6-7H2,(H2,16,19). The predicted molar refractivity (Wildman–Crippen MR) is 69.6 cm³/mol. The Kier molecular flexibility index (Phi) is 4.05. The zero-order valence-electron chi connectivity index (χ0n) is 10.2. The normalized spacial score (nSPS) is 15.8. The number of thiocarbonyl (C=S) groups is 1. The Hall–Kier alpha value is -1.21. The molecule has 0 radical (unpaired) electrons. The molecule has 1 aliphatic rings. The molecule has 2 N–H and O–H groups in total. The number of nitrogens with zero attached hydrogens (tertiary/aromatic N) is 2. The van der Waals surface area contributed by atoms with Crippen LogP contribution in [0.25, 0.3) is 0 Å². The van der Waals surface area contributed by atoms with E-state index in [1.54, 1.807) is 12.1 Å². The molecule has 0 bridgehead atoms. The Balaban J connectivity index is 2.15. The minimum absolute atomic E-state index is 0.000951. The first-order valence-electron chi connectivity index (χ1n) is 5.91. The molecule has 0 unspecified atom stereocenters. The second kappa shape index (κ2) is 5.42. The average Bonchev–Trinajstić information content (AvgIpc) is 3.10. The Labute approximate surface area is 114 Å². The lowest BCUT2D eigenvalue weighted by molar-refractivity contribution is -0.148. The van der Waals surface area contributed by atoms with Crippen molar-refractivity contribution in [3.8, 4) is 0 Å². The SMILES string of the molecule is NC(=S)c1ncccc1CN(CC(F)(F)F)C1CC1. The first-order chi connectivity index (χ1) is 8.87. The van der Waals surface area contributed by atoms with E-state index in [2.05, 4.69) is 4.98 Å². The molecule has 7 heteroatoms. The maximum Gasteiger partial charge on any atom is 0.401 e. The fraction of sp³-hybridized carbons (Fsp3) is 0.500. The minimum Gasteiger partial charge on any atom is -0.388 e. The summed E-state index contributed by atoms with van der Waals surface area (Å²) in [5, 5.41) is 0. The van der Waals surface area contributed by atoms with E-state index in [0.29, 0.717) is 11.3 Å².